The molecule has 0 bridgehead atoms. The third-order valence-corrected chi connectivity index (χ3v) is 7.72. The first-order valence-electron chi connectivity index (χ1n) is 18.1. The van der Waals surface area contributed by atoms with E-state index in [1.54, 1.807) is 34.6 Å². The highest BCUT2D eigenvalue weighted by Gasteiger charge is 2.32. The number of imide groups is 1. The van der Waals surface area contributed by atoms with Crippen LogP contribution in [0.15, 0.2) is 0 Å². The molecule has 21 heteroatoms. The van der Waals surface area contributed by atoms with Crippen molar-refractivity contribution in [1.82, 2.24) is 26.2 Å². The molecule has 10 N–H and O–H groups in total. The van der Waals surface area contributed by atoms with Crippen molar-refractivity contribution in [2.75, 3.05) is 35.2 Å². The highest BCUT2D eigenvalue weighted by atomic mass is 16.4. The lowest BCUT2D eigenvalue weighted by atomic mass is 10.0. The molecule has 63 heavy (non-hydrogen) atoms. The monoisotopic (exact) mass is 914 g/mol. The van der Waals surface area contributed by atoms with E-state index in [0.29, 0.717) is 12.8 Å². The van der Waals surface area contributed by atoms with Crippen LogP contribution in [-0.4, -0.2) is 121 Å². The zero-order valence-electron chi connectivity index (χ0n) is 36.1. The summed E-state index contributed by atoms with van der Waals surface area (Å²) in [7, 11) is 7.54. The highest BCUT2D eigenvalue weighted by molar-refractivity contribution is 6.03. The van der Waals surface area contributed by atoms with Gasteiger partial charge in [0, 0.05) is 96.9 Å². The Morgan fingerprint density at radius 1 is 0.603 bits per heavy atom. The van der Waals surface area contributed by atoms with Crippen LogP contribution in [0.25, 0.3) is 0 Å². The fraction of sp³-hybridized carbons (Fsp3) is 0.714. The summed E-state index contributed by atoms with van der Waals surface area (Å²) in [6, 6.07) is 0. The van der Waals surface area contributed by atoms with Crippen molar-refractivity contribution in [2.45, 2.75) is 131 Å². The molecule has 374 valence electrons. The number of rotatable bonds is 15. The van der Waals surface area contributed by atoms with E-state index in [9.17, 15) is 57.5 Å². The number of aliphatic carboxylic acids is 2. The van der Waals surface area contributed by atoms with E-state index in [1.165, 1.54) is 60.9 Å². The van der Waals surface area contributed by atoms with E-state index in [0.717, 1.165) is 0 Å². The van der Waals surface area contributed by atoms with E-state index in [4.69, 9.17) is 21.7 Å². The number of nitrogens with zero attached hydrogens (tertiary/aromatic N) is 1. The molecule has 1 heterocycles. The minimum absolute atomic E-state index is 0. The Balaban J connectivity index is -0.0000000659. The number of nitrogens with two attached hydrogens (primary N) is 2. The molecule has 6 atom stereocenters. The quantitative estimate of drug-likeness (QED) is 0.110. The number of hydrogen-bond acceptors (Lipinski definition) is 12. The van der Waals surface area contributed by atoms with Gasteiger partial charge >= 0.3 is 11.9 Å². The number of carboxylic acid groups (broad SMARTS) is 2. The number of carbonyl (C=O) groups excluding carboxylic acids is 10. The van der Waals surface area contributed by atoms with E-state index >= 15 is 0 Å². The first-order valence-corrected chi connectivity index (χ1v) is 18.1. The second-order valence-corrected chi connectivity index (χ2v) is 13.4. The third kappa shape index (κ3) is 48.8. The smallest absolute Gasteiger partial charge is 0.306 e. The first kappa shape index (κ1) is 81.1. The molecule has 0 aromatic carbocycles. The summed E-state index contributed by atoms with van der Waals surface area (Å²) in [6.45, 7) is 12.9. The molecule has 1 fully saturated rings. The first-order chi connectivity index (χ1) is 26.5. The minimum Gasteiger partial charge on any atom is -0.481 e. The molecule has 0 spiro atoms. The van der Waals surface area contributed by atoms with Crippen LogP contribution in [0, 0.1) is 35.5 Å². The zero-order chi connectivity index (χ0) is 47.0. The van der Waals surface area contributed by atoms with Crippen LogP contribution in [0.1, 0.15) is 131 Å². The van der Waals surface area contributed by atoms with Gasteiger partial charge in [-0.3, -0.25) is 57.6 Å². The van der Waals surface area contributed by atoms with Crippen molar-refractivity contribution in [1.29, 1.82) is 0 Å². The predicted molar refractivity (Wildman–Crippen MR) is 245 cm³/mol. The number of carboxylic acids is 2. The highest BCUT2D eigenvalue weighted by Crippen LogP contribution is 2.15. The summed E-state index contributed by atoms with van der Waals surface area (Å²) in [5.74, 6) is -5.44. The van der Waals surface area contributed by atoms with Crippen LogP contribution in [0.4, 0.5) is 0 Å². The molecule has 0 aliphatic carbocycles. The summed E-state index contributed by atoms with van der Waals surface area (Å²) in [6.07, 6.45) is 0.988. The van der Waals surface area contributed by atoms with E-state index in [2.05, 4.69) is 21.3 Å². The molecule has 21 nitrogen and oxygen atoms in total. The SMILES string of the molecule is C.C.C.C.C.CC(=O)CC(C)C(C)=O.CC1CC(=O)N(C)C1=O.CNC(=O)C(C)CC(=O)O.CNC(=O)C(C)CC(N)=O.CNC(=O)CC(C)C(=O)O.CNC(=O)CC(C)C(N)=O. The van der Waals surface area contributed by atoms with E-state index < -0.39 is 35.6 Å². The maximum Gasteiger partial charge on any atom is 0.306 e. The van der Waals surface area contributed by atoms with Crippen molar-refractivity contribution in [3.8, 4) is 0 Å². The normalized spacial score (nSPS) is 13.5. The Morgan fingerprint density at radius 2 is 0.968 bits per heavy atom. The lowest BCUT2D eigenvalue weighted by Crippen LogP contribution is -2.28. The lowest BCUT2D eigenvalue weighted by Gasteiger charge is -2.05. The summed E-state index contributed by atoms with van der Waals surface area (Å²) < 4.78 is 0. The van der Waals surface area contributed by atoms with Gasteiger partial charge in [0.05, 0.1) is 12.3 Å². The Labute approximate surface area is 377 Å². The van der Waals surface area contributed by atoms with Gasteiger partial charge in [-0.2, -0.15) is 0 Å². The van der Waals surface area contributed by atoms with Crippen molar-refractivity contribution in [2.24, 2.45) is 47.0 Å². The standard InChI is InChI=1S/C7H12O2.2C6H12N2O2.2C6H11NO3.C6H9NO2.5CH4/c1-5(7(3)9)4-6(2)8;1-4(6(7)10)3-5(9)8-2;1-4(3-5(7)9)6(10)8-2;1-4(3-5(8)9)6(10)7-2;1-4(6(9)10)3-5(8)7-2;1-4-3-5(8)7(2)6(4)9;;;;;/h5H,4H2,1-3H3;4H,3H2,1-2H3,(H2,7,10)(H,8,9);4H,3H2,1-2H3,(H2,7,9)(H,8,10);4H,3H2,1-2H3,(H,7,10)(H,8,9);4H,3H2,1-2H3,(H,7,8)(H,9,10);4H,3H2,1-2H3;5*1H4. The van der Waals surface area contributed by atoms with Gasteiger partial charge in [0.1, 0.15) is 11.6 Å². The Morgan fingerprint density at radius 3 is 1.16 bits per heavy atom. The van der Waals surface area contributed by atoms with Crippen LogP contribution in [-0.2, 0) is 57.5 Å². The number of likely N-dealkylation sites (tertiary alicyclic amines) is 1. The molecule has 1 aliphatic rings. The molecule has 1 aliphatic heterocycles. The molecule has 1 saturated heterocycles. The Kier molecular flexibility index (Phi) is 58.9. The van der Waals surface area contributed by atoms with Gasteiger partial charge in [-0.1, -0.05) is 78.7 Å². The molecule has 8 amide bonds. The van der Waals surface area contributed by atoms with Crippen LogP contribution >= 0.6 is 0 Å². The van der Waals surface area contributed by atoms with Gasteiger partial charge in [-0.25, -0.2) is 0 Å². The topological polar surface area (TPSA) is 349 Å². The van der Waals surface area contributed by atoms with Crippen molar-refractivity contribution in [3.05, 3.63) is 0 Å². The molecule has 0 aromatic rings. The summed E-state index contributed by atoms with van der Waals surface area (Å²) in [5.41, 5.74) is 9.79. The molecule has 6 unspecified atom stereocenters. The van der Waals surface area contributed by atoms with Gasteiger partial charge < -0.3 is 47.7 Å². The lowest BCUT2D eigenvalue weighted by molar-refractivity contribution is -0.143. The van der Waals surface area contributed by atoms with Gasteiger partial charge in [-0.15, -0.1) is 0 Å². The number of ketones is 2. The number of Topliss-reactive ketones (excluding diaryl/α,β-unsaturated/α-hetero) is 2. The average Bonchev–Trinajstić information content (AvgIpc) is 3.35. The van der Waals surface area contributed by atoms with E-state index in [-0.39, 0.29) is 133 Å². The third-order valence-electron chi connectivity index (χ3n) is 7.72. The molecular weight excluding hydrogens is 826 g/mol. The molecular formula is C42H87N7O14. The Bertz CT molecular complexity index is 1340. The molecule has 0 saturated carbocycles. The van der Waals surface area contributed by atoms with Gasteiger partial charge in [-0.05, 0) is 13.8 Å². The van der Waals surface area contributed by atoms with Crippen LogP contribution < -0.4 is 32.7 Å². The fourth-order valence-electron chi connectivity index (χ4n) is 3.70. The van der Waals surface area contributed by atoms with Gasteiger partial charge in [0.25, 0.3) is 0 Å². The number of carbonyl (C=O) groups is 12. The number of hydrogen-bond donors (Lipinski definition) is 8. The fourth-order valence-corrected chi connectivity index (χ4v) is 3.70. The molecule has 0 radical (unpaired) electrons. The maximum absolute atomic E-state index is 10.8. The zero-order valence-corrected chi connectivity index (χ0v) is 36.1. The van der Waals surface area contributed by atoms with Crippen LogP contribution in [0.2, 0.25) is 0 Å². The van der Waals surface area contributed by atoms with Crippen LogP contribution in [0.5, 0.6) is 0 Å². The average molecular weight is 914 g/mol. The van der Waals surface area contributed by atoms with Crippen molar-refractivity contribution < 1.29 is 67.7 Å². The van der Waals surface area contributed by atoms with Gasteiger partial charge in [0.15, 0.2) is 0 Å². The largest absolute Gasteiger partial charge is 0.481 e. The number of primary amides is 2. The van der Waals surface area contributed by atoms with Crippen LogP contribution in [0.3, 0.4) is 0 Å². The van der Waals surface area contributed by atoms with Gasteiger partial charge in [0.2, 0.25) is 47.3 Å². The minimum atomic E-state index is -0.948. The summed E-state index contributed by atoms with van der Waals surface area (Å²) in [5, 5.41) is 26.1. The molecule has 1 rings (SSSR count). The summed E-state index contributed by atoms with van der Waals surface area (Å²) in [4.78, 5) is 127. The summed E-state index contributed by atoms with van der Waals surface area (Å²) >= 11 is 0. The molecule has 0 aromatic heterocycles. The predicted octanol–water partition coefficient (Wildman–Crippen LogP) is 2.56. The second-order valence-electron chi connectivity index (χ2n) is 13.4. The maximum atomic E-state index is 10.8. The van der Waals surface area contributed by atoms with Crippen molar-refractivity contribution in [3.63, 3.8) is 0 Å². The number of nitrogens with one attached hydrogen (secondary N) is 4. The second kappa shape index (κ2) is 45.8. The van der Waals surface area contributed by atoms with E-state index in [1.807, 2.05) is 0 Å². The number of amides is 8. The Hall–Kier alpha value is -5.76. The van der Waals surface area contributed by atoms with Crippen molar-refractivity contribution >= 4 is 70.8 Å².